The predicted molar refractivity (Wildman–Crippen MR) is 84.6 cm³/mol. The number of rotatable bonds is 3. The van der Waals surface area contributed by atoms with Crippen LogP contribution in [0.3, 0.4) is 0 Å². The van der Waals surface area contributed by atoms with Gasteiger partial charge in [0.15, 0.2) is 0 Å². The van der Waals surface area contributed by atoms with Crippen LogP contribution in [0.1, 0.15) is 29.9 Å². The molecule has 1 nitrogen and oxygen atoms in total. The number of hydrogen-bond acceptors (Lipinski definition) is 1. The van der Waals surface area contributed by atoms with Crippen LogP contribution in [0.2, 0.25) is 0 Å². The highest BCUT2D eigenvalue weighted by molar-refractivity contribution is 9.10. The zero-order chi connectivity index (χ0) is 15.0. The Labute approximate surface area is 131 Å². The molecule has 0 radical (unpaired) electrons. The summed E-state index contributed by atoms with van der Waals surface area (Å²) in [5.41, 5.74) is 2.81. The molecule has 0 unspecified atom stereocenters. The first-order valence-corrected chi connectivity index (χ1v) is 7.80. The molecule has 0 heterocycles. The van der Waals surface area contributed by atoms with Gasteiger partial charge in [-0.15, -0.1) is 0 Å². The Balaban J connectivity index is 1.62. The van der Waals surface area contributed by atoms with E-state index in [1.54, 1.807) is 0 Å². The highest BCUT2D eigenvalue weighted by Gasteiger charge is 2.30. The zero-order valence-corrected chi connectivity index (χ0v) is 13.3. The Morgan fingerprint density at radius 2 is 1.71 bits per heavy atom. The van der Waals surface area contributed by atoms with Crippen LogP contribution in [0.4, 0.5) is 14.5 Å². The first-order valence-electron chi connectivity index (χ1n) is 7.00. The van der Waals surface area contributed by atoms with Crippen molar-refractivity contribution in [3.63, 3.8) is 0 Å². The van der Waals surface area contributed by atoms with E-state index in [1.807, 2.05) is 0 Å². The Morgan fingerprint density at radius 3 is 2.38 bits per heavy atom. The maximum absolute atomic E-state index is 13.8. The predicted octanol–water partition coefficient (Wildman–Crippen LogP) is 5.39. The number of nitrogens with one attached hydrogen (secondary N) is 1. The number of benzene rings is 2. The van der Waals surface area contributed by atoms with Crippen LogP contribution in [0, 0.1) is 18.6 Å². The van der Waals surface area contributed by atoms with Gasteiger partial charge in [0, 0.05) is 12.1 Å². The van der Waals surface area contributed by atoms with E-state index in [0.29, 0.717) is 5.92 Å². The van der Waals surface area contributed by atoms with Crippen molar-refractivity contribution in [2.45, 2.75) is 31.7 Å². The van der Waals surface area contributed by atoms with Crippen LogP contribution < -0.4 is 5.32 Å². The molecule has 2 aromatic rings. The summed E-state index contributed by atoms with van der Waals surface area (Å²) in [4.78, 5) is 0. The fraction of sp³-hybridized carbons (Fsp3) is 0.294. The summed E-state index contributed by atoms with van der Waals surface area (Å²) in [6.07, 6.45) is 1.89. The lowest BCUT2D eigenvalue weighted by atomic mass is 9.75. The minimum atomic E-state index is -0.451. The summed E-state index contributed by atoms with van der Waals surface area (Å²) in [5.74, 6) is -0.373. The largest absolute Gasteiger partial charge is 0.380 e. The molecule has 1 aliphatic rings. The summed E-state index contributed by atoms with van der Waals surface area (Å²) in [5, 5.41) is 3.09. The Morgan fingerprint density at radius 1 is 1.05 bits per heavy atom. The van der Waals surface area contributed by atoms with E-state index in [-0.39, 0.29) is 16.2 Å². The lowest BCUT2D eigenvalue weighted by Crippen LogP contribution is -2.34. The molecule has 1 N–H and O–H groups in total. The lowest BCUT2D eigenvalue weighted by Gasteiger charge is -2.37. The molecule has 0 saturated heterocycles. The minimum Gasteiger partial charge on any atom is -0.380 e. The Hall–Kier alpha value is -1.42. The van der Waals surface area contributed by atoms with Crippen molar-refractivity contribution < 1.29 is 8.78 Å². The molecule has 3 rings (SSSR count). The van der Waals surface area contributed by atoms with Gasteiger partial charge in [-0.2, -0.15) is 0 Å². The van der Waals surface area contributed by atoms with Gasteiger partial charge in [-0.05, 0) is 53.2 Å². The summed E-state index contributed by atoms with van der Waals surface area (Å²) in [6, 6.07) is 11.1. The van der Waals surface area contributed by atoms with E-state index in [2.05, 4.69) is 52.4 Å². The van der Waals surface area contributed by atoms with Crippen LogP contribution in [-0.2, 0) is 0 Å². The molecule has 0 bridgehead atoms. The highest BCUT2D eigenvalue weighted by atomic mass is 79.9. The summed E-state index contributed by atoms with van der Waals surface area (Å²) in [7, 11) is 0. The molecule has 1 saturated carbocycles. The van der Waals surface area contributed by atoms with Gasteiger partial charge in [0.05, 0.1) is 10.2 Å². The molecule has 21 heavy (non-hydrogen) atoms. The maximum Gasteiger partial charge on any atom is 0.147 e. The molecule has 0 aromatic heterocycles. The van der Waals surface area contributed by atoms with E-state index in [4.69, 9.17) is 0 Å². The van der Waals surface area contributed by atoms with Crippen LogP contribution in [0.25, 0.3) is 0 Å². The van der Waals surface area contributed by atoms with Crippen molar-refractivity contribution >= 4 is 21.6 Å². The summed E-state index contributed by atoms with van der Waals surface area (Å²) < 4.78 is 27.4. The van der Waals surface area contributed by atoms with Crippen molar-refractivity contribution in [1.29, 1.82) is 0 Å². The topological polar surface area (TPSA) is 12.0 Å². The third-order valence-corrected chi connectivity index (χ3v) is 4.66. The van der Waals surface area contributed by atoms with E-state index in [1.165, 1.54) is 17.2 Å². The number of aryl methyl sites for hydroxylation is 1. The van der Waals surface area contributed by atoms with Gasteiger partial charge in [0.2, 0.25) is 0 Å². The zero-order valence-electron chi connectivity index (χ0n) is 11.7. The third kappa shape index (κ3) is 3.10. The number of hydrogen-bond donors (Lipinski definition) is 1. The molecule has 4 heteroatoms. The molecular weight excluding hydrogens is 336 g/mol. The van der Waals surface area contributed by atoms with Gasteiger partial charge in [-0.25, -0.2) is 8.78 Å². The van der Waals surface area contributed by atoms with Crippen molar-refractivity contribution in [2.24, 2.45) is 0 Å². The highest BCUT2D eigenvalue weighted by Crippen LogP contribution is 2.39. The van der Waals surface area contributed by atoms with Crippen molar-refractivity contribution in [1.82, 2.24) is 0 Å². The first kappa shape index (κ1) is 14.5. The third-order valence-electron chi connectivity index (χ3n) is 4.06. The monoisotopic (exact) mass is 351 g/mol. The second-order valence-electron chi connectivity index (χ2n) is 5.67. The maximum atomic E-state index is 13.8. The van der Waals surface area contributed by atoms with E-state index >= 15 is 0 Å². The fourth-order valence-electron chi connectivity index (χ4n) is 2.70. The molecule has 0 amide bonds. The van der Waals surface area contributed by atoms with Gasteiger partial charge in [-0.3, -0.25) is 0 Å². The number of halogens is 3. The smallest absolute Gasteiger partial charge is 0.147 e. The summed E-state index contributed by atoms with van der Waals surface area (Å²) >= 11 is 2.98. The molecule has 2 aromatic carbocycles. The van der Waals surface area contributed by atoms with Gasteiger partial charge >= 0.3 is 0 Å². The van der Waals surface area contributed by atoms with Crippen LogP contribution in [0.5, 0.6) is 0 Å². The average Bonchev–Trinajstić information content (AvgIpc) is 2.40. The first-order chi connectivity index (χ1) is 10.0. The Bertz CT molecular complexity index is 649. The summed E-state index contributed by atoms with van der Waals surface area (Å²) in [6.45, 7) is 2.07. The van der Waals surface area contributed by atoms with Gasteiger partial charge in [0.1, 0.15) is 11.6 Å². The molecular formula is C17H16BrF2N. The SMILES string of the molecule is Cc1ccc(C2CC(Nc3cc(F)c(Br)cc3F)C2)cc1. The normalized spacial score (nSPS) is 21.0. The van der Waals surface area contributed by atoms with E-state index in [9.17, 15) is 8.78 Å². The van der Waals surface area contributed by atoms with Gasteiger partial charge in [-0.1, -0.05) is 29.8 Å². The lowest BCUT2D eigenvalue weighted by molar-refractivity contribution is 0.372. The van der Waals surface area contributed by atoms with E-state index < -0.39 is 11.6 Å². The molecule has 1 fully saturated rings. The van der Waals surface area contributed by atoms with Crippen molar-refractivity contribution in [3.05, 3.63) is 63.6 Å². The quantitative estimate of drug-likeness (QED) is 0.730. The Kier molecular flexibility index (Phi) is 3.98. The van der Waals surface area contributed by atoms with Gasteiger partial charge < -0.3 is 5.32 Å². The number of anilines is 1. The van der Waals surface area contributed by atoms with E-state index in [0.717, 1.165) is 18.9 Å². The average molecular weight is 352 g/mol. The molecule has 1 aliphatic carbocycles. The van der Waals surface area contributed by atoms with Crippen LogP contribution >= 0.6 is 15.9 Å². The van der Waals surface area contributed by atoms with Crippen molar-refractivity contribution in [3.8, 4) is 0 Å². The second kappa shape index (κ2) is 5.76. The molecule has 0 atom stereocenters. The standard InChI is InChI=1S/C17H16BrF2N/c1-10-2-4-11(5-3-10)12-6-13(7-12)21-17-9-15(19)14(18)8-16(17)20/h2-5,8-9,12-13,21H,6-7H2,1H3. The molecule has 0 spiro atoms. The molecule has 110 valence electrons. The molecule has 0 aliphatic heterocycles. The minimum absolute atomic E-state index is 0.150. The van der Waals surface area contributed by atoms with Crippen molar-refractivity contribution in [2.75, 3.05) is 5.32 Å². The second-order valence-corrected chi connectivity index (χ2v) is 6.52. The van der Waals surface area contributed by atoms with Crippen LogP contribution in [0.15, 0.2) is 40.9 Å². The van der Waals surface area contributed by atoms with Gasteiger partial charge in [0.25, 0.3) is 0 Å². The van der Waals surface area contributed by atoms with Crippen LogP contribution in [-0.4, -0.2) is 6.04 Å². The fourth-order valence-corrected chi connectivity index (χ4v) is 3.02.